The molecule has 0 atom stereocenters. The predicted octanol–water partition coefficient (Wildman–Crippen LogP) is 2.97. The minimum absolute atomic E-state index is 0.120. The number of halogens is 2. The molecule has 2 aromatic carbocycles. The van der Waals surface area contributed by atoms with E-state index in [0.29, 0.717) is 0 Å². The summed E-state index contributed by atoms with van der Waals surface area (Å²) in [7, 11) is -8.19. The van der Waals surface area contributed by atoms with Crippen molar-refractivity contribution in [3.63, 3.8) is 0 Å². The van der Waals surface area contributed by atoms with Crippen molar-refractivity contribution in [3.05, 3.63) is 64.4 Å². The molecule has 0 saturated heterocycles. The first kappa shape index (κ1) is 22.1. The van der Waals surface area contributed by atoms with Gasteiger partial charge in [-0.15, -0.1) is 0 Å². The number of benzene rings is 2. The fourth-order valence-electron chi connectivity index (χ4n) is 2.30. The molecule has 2 rings (SSSR count). The zero-order chi connectivity index (χ0) is 21.1. The minimum atomic E-state index is -4.10. The lowest BCUT2D eigenvalue weighted by atomic mass is 10.2. The van der Waals surface area contributed by atoms with Gasteiger partial charge in [-0.25, -0.2) is 21.2 Å². The Morgan fingerprint density at radius 1 is 1.07 bits per heavy atom. The van der Waals surface area contributed by atoms with Crippen LogP contribution in [0.25, 0.3) is 6.08 Å². The number of amides is 1. The van der Waals surface area contributed by atoms with E-state index in [9.17, 15) is 26.0 Å². The zero-order valence-corrected chi connectivity index (χ0v) is 18.0. The number of carbonyl (C=O) groups is 1. The fraction of sp³-hybridized carbons (Fsp3) is 0.118. The van der Waals surface area contributed by atoms with Gasteiger partial charge in [-0.2, -0.15) is 3.71 Å². The van der Waals surface area contributed by atoms with Crippen LogP contribution < -0.4 is 9.03 Å². The maximum atomic E-state index is 13.5. The summed E-state index contributed by atoms with van der Waals surface area (Å²) in [5, 5.41) is 2.52. The van der Waals surface area contributed by atoms with E-state index in [1.807, 2.05) is 0 Å². The van der Waals surface area contributed by atoms with Crippen molar-refractivity contribution >= 4 is 59.3 Å². The van der Waals surface area contributed by atoms with Gasteiger partial charge in [-0.05, 0) is 46.3 Å². The Hall–Kier alpha value is -2.24. The molecule has 0 bridgehead atoms. The van der Waals surface area contributed by atoms with E-state index in [-0.39, 0.29) is 25.1 Å². The molecule has 0 aromatic heterocycles. The number of carbonyl (C=O) groups excluding carboxylic acids is 1. The van der Waals surface area contributed by atoms with Gasteiger partial charge >= 0.3 is 0 Å². The average Bonchev–Trinajstić information content (AvgIpc) is 2.54. The van der Waals surface area contributed by atoms with E-state index in [1.165, 1.54) is 42.5 Å². The number of sulfonamides is 2. The van der Waals surface area contributed by atoms with Gasteiger partial charge in [-0.1, -0.05) is 18.2 Å². The van der Waals surface area contributed by atoms with Crippen LogP contribution in [0.15, 0.2) is 53.0 Å². The van der Waals surface area contributed by atoms with Crippen LogP contribution in [0, 0.1) is 5.82 Å². The Bertz CT molecular complexity index is 1120. The van der Waals surface area contributed by atoms with Gasteiger partial charge in [0.25, 0.3) is 0 Å². The van der Waals surface area contributed by atoms with Gasteiger partial charge in [0.05, 0.1) is 18.2 Å². The first-order chi connectivity index (χ1) is 12.9. The summed E-state index contributed by atoms with van der Waals surface area (Å²) in [6.07, 6.45) is 3.98. The first-order valence-corrected chi connectivity index (χ1v) is 12.1. The van der Waals surface area contributed by atoms with Crippen molar-refractivity contribution in [1.29, 1.82) is 0 Å². The summed E-state index contributed by atoms with van der Waals surface area (Å²) in [5.74, 6) is -1.02. The van der Waals surface area contributed by atoms with Gasteiger partial charge in [0.2, 0.25) is 26.0 Å². The molecule has 0 spiro atoms. The highest BCUT2D eigenvalue weighted by atomic mass is 79.9. The smallest absolute Gasteiger partial charge is 0.248 e. The van der Waals surface area contributed by atoms with Gasteiger partial charge in [-0.3, -0.25) is 4.79 Å². The van der Waals surface area contributed by atoms with Crippen molar-refractivity contribution in [2.24, 2.45) is 0 Å². The second kappa shape index (κ2) is 8.41. The lowest BCUT2D eigenvalue weighted by molar-refractivity contribution is -0.111. The Kier molecular flexibility index (Phi) is 6.63. The molecule has 28 heavy (non-hydrogen) atoms. The topological polar surface area (TPSA) is 101 Å². The molecule has 2 aromatic rings. The van der Waals surface area contributed by atoms with Crippen LogP contribution in [0.2, 0.25) is 0 Å². The number of nitrogens with one attached hydrogen (secondary N) is 1. The molecule has 0 fully saturated rings. The lowest BCUT2D eigenvalue weighted by Gasteiger charge is -2.21. The monoisotopic (exact) mass is 490 g/mol. The number of nitrogens with zero attached hydrogens (tertiary/aromatic N) is 1. The zero-order valence-electron chi connectivity index (χ0n) is 14.8. The highest BCUT2D eigenvalue weighted by Crippen LogP contribution is 2.32. The Balaban J connectivity index is 2.25. The van der Waals surface area contributed by atoms with E-state index < -0.39 is 31.8 Å². The molecular formula is C17H16BrFN2O5S2. The van der Waals surface area contributed by atoms with Crippen LogP contribution >= 0.6 is 15.9 Å². The van der Waals surface area contributed by atoms with Crippen molar-refractivity contribution in [1.82, 2.24) is 0 Å². The second-order valence-electron chi connectivity index (χ2n) is 5.73. The largest absolute Gasteiger partial charge is 0.322 e. The quantitative estimate of drug-likeness (QED) is 0.627. The highest BCUT2D eigenvalue weighted by molar-refractivity contribution is 9.10. The van der Waals surface area contributed by atoms with Crippen molar-refractivity contribution in [3.8, 4) is 0 Å². The van der Waals surface area contributed by atoms with Crippen molar-refractivity contribution in [2.45, 2.75) is 0 Å². The minimum Gasteiger partial charge on any atom is -0.322 e. The predicted molar refractivity (Wildman–Crippen MR) is 110 cm³/mol. The molecule has 0 aliphatic carbocycles. The summed E-state index contributed by atoms with van der Waals surface area (Å²) in [4.78, 5) is 12.0. The van der Waals surface area contributed by atoms with Crippen molar-refractivity contribution in [2.75, 3.05) is 21.5 Å². The lowest BCUT2D eigenvalue weighted by Crippen LogP contribution is -2.35. The summed E-state index contributed by atoms with van der Waals surface area (Å²) in [6.45, 7) is 0. The Morgan fingerprint density at radius 2 is 1.68 bits per heavy atom. The van der Waals surface area contributed by atoms with Crippen LogP contribution in [0.5, 0.6) is 0 Å². The molecule has 11 heteroatoms. The van der Waals surface area contributed by atoms with E-state index in [0.717, 1.165) is 18.6 Å². The van der Waals surface area contributed by atoms with E-state index >= 15 is 0 Å². The van der Waals surface area contributed by atoms with Gasteiger partial charge in [0.1, 0.15) is 5.82 Å². The molecule has 1 amide bonds. The number of hydrogen-bond donors (Lipinski definition) is 1. The highest BCUT2D eigenvalue weighted by Gasteiger charge is 2.29. The summed E-state index contributed by atoms with van der Waals surface area (Å²) >= 11 is 3.12. The maximum absolute atomic E-state index is 13.5. The van der Waals surface area contributed by atoms with Crippen LogP contribution in [-0.2, 0) is 24.8 Å². The van der Waals surface area contributed by atoms with Crippen molar-refractivity contribution < 1.29 is 26.0 Å². The molecule has 150 valence electrons. The molecular weight excluding hydrogens is 475 g/mol. The van der Waals surface area contributed by atoms with Gasteiger partial charge in [0.15, 0.2) is 0 Å². The fourth-order valence-corrected chi connectivity index (χ4v) is 6.09. The normalized spacial score (nSPS) is 12.1. The Morgan fingerprint density at radius 3 is 2.21 bits per heavy atom. The third kappa shape index (κ3) is 5.63. The molecule has 0 unspecified atom stereocenters. The molecule has 0 saturated carbocycles. The first-order valence-electron chi connectivity index (χ1n) is 7.63. The van der Waals surface area contributed by atoms with Crippen LogP contribution in [0.4, 0.5) is 15.8 Å². The number of rotatable bonds is 6. The summed E-state index contributed by atoms with van der Waals surface area (Å²) in [6, 6.07) is 9.88. The molecule has 0 aliphatic heterocycles. The third-order valence-electron chi connectivity index (χ3n) is 3.33. The maximum Gasteiger partial charge on any atom is 0.248 e. The summed E-state index contributed by atoms with van der Waals surface area (Å²) < 4.78 is 61.4. The van der Waals surface area contributed by atoms with Crippen LogP contribution in [-0.4, -0.2) is 35.3 Å². The van der Waals surface area contributed by atoms with E-state index in [4.69, 9.17) is 0 Å². The van der Waals surface area contributed by atoms with Gasteiger partial charge < -0.3 is 5.32 Å². The summed E-state index contributed by atoms with van der Waals surface area (Å²) in [5.41, 5.74) is 0.400. The number of hydrogen-bond acceptors (Lipinski definition) is 5. The second-order valence-corrected chi connectivity index (χ2v) is 10.5. The molecule has 0 heterocycles. The van der Waals surface area contributed by atoms with Crippen LogP contribution in [0.1, 0.15) is 5.56 Å². The third-order valence-corrected chi connectivity index (χ3v) is 7.19. The average molecular weight is 491 g/mol. The SMILES string of the molecule is CS(=O)(=O)N(c1ccc(NC(=O)/C=C/c2ccccc2F)cc1Br)S(C)(=O)=O. The number of anilines is 2. The Labute approximate surface area is 171 Å². The molecule has 0 aliphatic rings. The van der Waals surface area contributed by atoms with E-state index in [2.05, 4.69) is 21.2 Å². The molecule has 1 N–H and O–H groups in total. The van der Waals surface area contributed by atoms with Gasteiger partial charge in [0, 0.05) is 21.8 Å². The molecule has 0 radical (unpaired) electrons. The standard InChI is InChI=1S/C17H16BrFN2O5S2/c1-27(23,24)21(28(2,25)26)16-9-8-13(11-14(16)18)20-17(22)10-7-12-5-3-4-6-15(12)19/h3-11H,1-2H3,(H,20,22)/b10-7+. The molecule has 7 nitrogen and oxygen atoms in total. The van der Waals surface area contributed by atoms with Crippen LogP contribution in [0.3, 0.4) is 0 Å². The van der Waals surface area contributed by atoms with E-state index in [1.54, 1.807) is 6.07 Å².